The van der Waals surface area contributed by atoms with Crippen molar-refractivity contribution in [2.75, 3.05) is 11.1 Å². The molecule has 18 heavy (non-hydrogen) atoms. The quantitative estimate of drug-likeness (QED) is 0.747. The van der Waals surface area contributed by atoms with E-state index in [0.29, 0.717) is 16.3 Å². The van der Waals surface area contributed by atoms with E-state index in [1.807, 2.05) is 24.4 Å². The summed E-state index contributed by atoms with van der Waals surface area (Å²) in [4.78, 5) is 12.7. The van der Waals surface area contributed by atoms with Crippen molar-refractivity contribution < 1.29 is 4.79 Å². The number of nitrogen functional groups attached to an aromatic ring is 1. The van der Waals surface area contributed by atoms with Gasteiger partial charge in [0.1, 0.15) is 4.88 Å². The second-order valence-electron chi connectivity index (χ2n) is 3.74. The summed E-state index contributed by atoms with van der Waals surface area (Å²) in [6, 6.07) is 5.53. The second kappa shape index (κ2) is 5.42. The van der Waals surface area contributed by atoms with Gasteiger partial charge >= 0.3 is 0 Å². The van der Waals surface area contributed by atoms with E-state index in [9.17, 15) is 4.79 Å². The highest BCUT2D eigenvalue weighted by atomic mass is 79.9. The van der Waals surface area contributed by atoms with Gasteiger partial charge < -0.3 is 11.1 Å². The highest BCUT2D eigenvalue weighted by molar-refractivity contribution is 9.10. The normalized spacial score (nSPS) is 10.4. The minimum atomic E-state index is -0.158. The van der Waals surface area contributed by atoms with Crippen molar-refractivity contribution in [3.05, 3.63) is 43.0 Å². The molecule has 1 aromatic heterocycles. The number of thiophene rings is 1. The Hall–Kier alpha value is -0.850. The summed E-state index contributed by atoms with van der Waals surface area (Å²) in [5.41, 5.74) is 8.03. The molecular weight excluding hydrogens is 380 g/mol. The molecule has 2 aromatic rings. The highest BCUT2D eigenvalue weighted by Gasteiger charge is 2.14. The van der Waals surface area contributed by atoms with Crippen LogP contribution in [0, 0.1) is 6.92 Å². The average molecular weight is 390 g/mol. The lowest BCUT2D eigenvalue weighted by Crippen LogP contribution is -2.13. The molecule has 3 nitrogen and oxygen atoms in total. The number of anilines is 2. The molecule has 0 radical (unpaired) electrons. The van der Waals surface area contributed by atoms with Crippen molar-refractivity contribution in [2.24, 2.45) is 0 Å². The summed E-state index contributed by atoms with van der Waals surface area (Å²) in [6.45, 7) is 1.90. The molecule has 3 N–H and O–H groups in total. The van der Waals surface area contributed by atoms with Crippen LogP contribution in [-0.4, -0.2) is 5.91 Å². The van der Waals surface area contributed by atoms with Gasteiger partial charge in [0, 0.05) is 8.95 Å². The Morgan fingerprint density at radius 1 is 1.39 bits per heavy atom. The van der Waals surface area contributed by atoms with Crippen LogP contribution in [0.25, 0.3) is 0 Å². The van der Waals surface area contributed by atoms with Crippen LogP contribution in [0.15, 0.2) is 32.5 Å². The standard InChI is InChI=1S/C12H10Br2N2OS/c1-6-4-7(13)5-9(15)10(6)16-12(17)11-8(14)2-3-18-11/h2-5H,15H2,1H3,(H,16,17). The molecule has 6 heteroatoms. The second-order valence-corrected chi connectivity index (χ2v) is 6.42. The van der Waals surface area contributed by atoms with Gasteiger partial charge in [0.2, 0.25) is 0 Å². The molecule has 2 rings (SSSR count). The molecule has 0 atom stereocenters. The number of rotatable bonds is 2. The van der Waals surface area contributed by atoms with E-state index < -0.39 is 0 Å². The van der Waals surface area contributed by atoms with E-state index in [4.69, 9.17) is 5.73 Å². The van der Waals surface area contributed by atoms with Gasteiger partial charge in [-0.2, -0.15) is 0 Å². The third-order valence-corrected chi connectivity index (χ3v) is 4.69. The first-order valence-electron chi connectivity index (χ1n) is 5.09. The first kappa shape index (κ1) is 13.6. The summed E-state index contributed by atoms with van der Waals surface area (Å²) in [5.74, 6) is -0.158. The van der Waals surface area contributed by atoms with Gasteiger partial charge in [-0.15, -0.1) is 11.3 Å². The monoisotopic (exact) mass is 388 g/mol. The van der Waals surface area contributed by atoms with Gasteiger partial charge in [-0.1, -0.05) is 15.9 Å². The van der Waals surface area contributed by atoms with Crippen LogP contribution in [0.5, 0.6) is 0 Å². The molecule has 94 valence electrons. The Balaban J connectivity index is 2.31. The summed E-state index contributed by atoms with van der Waals surface area (Å²) >= 11 is 8.09. The molecule has 1 aromatic carbocycles. The number of nitrogens with one attached hydrogen (secondary N) is 1. The Morgan fingerprint density at radius 3 is 2.67 bits per heavy atom. The number of amides is 1. The lowest BCUT2D eigenvalue weighted by molar-refractivity contribution is 0.103. The van der Waals surface area contributed by atoms with Gasteiger partial charge in [0.25, 0.3) is 5.91 Å². The van der Waals surface area contributed by atoms with E-state index in [1.165, 1.54) is 11.3 Å². The van der Waals surface area contributed by atoms with Gasteiger partial charge in [-0.25, -0.2) is 0 Å². The molecule has 0 aliphatic rings. The molecule has 1 amide bonds. The summed E-state index contributed by atoms with van der Waals surface area (Å²) in [5, 5.41) is 4.70. The van der Waals surface area contributed by atoms with E-state index in [0.717, 1.165) is 14.5 Å². The summed E-state index contributed by atoms with van der Waals surface area (Å²) in [6.07, 6.45) is 0. The molecule has 0 aliphatic heterocycles. The maximum absolute atomic E-state index is 12.1. The van der Waals surface area contributed by atoms with E-state index in [1.54, 1.807) is 6.07 Å². The molecule has 0 bridgehead atoms. The number of halogens is 2. The lowest BCUT2D eigenvalue weighted by Gasteiger charge is -2.11. The largest absolute Gasteiger partial charge is 0.397 e. The van der Waals surface area contributed by atoms with Crippen molar-refractivity contribution in [3.63, 3.8) is 0 Å². The van der Waals surface area contributed by atoms with Crippen molar-refractivity contribution in [1.29, 1.82) is 0 Å². The fraction of sp³-hybridized carbons (Fsp3) is 0.0833. The van der Waals surface area contributed by atoms with Crippen LogP contribution in [0.4, 0.5) is 11.4 Å². The summed E-state index contributed by atoms with van der Waals surface area (Å²) in [7, 11) is 0. The fourth-order valence-electron chi connectivity index (χ4n) is 1.57. The fourth-order valence-corrected chi connectivity index (χ4v) is 3.60. The third kappa shape index (κ3) is 2.76. The zero-order chi connectivity index (χ0) is 13.3. The van der Waals surface area contributed by atoms with Gasteiger partial charge in [0.05, 0.1) is 11.4 Å². The molecule has 0 saturated carbocycles. The number of hydrogen-bond acceptors (Lipinski definition) is 3. The number of carbonyl (C=O) groups is 1. The van der Waals surface area contributed by atoms with Crippen molar-refractivity contribution in [1.82, 2.24) is 0 Å². The van der Waals surface area contributed by atoms with Crippen molar-refractivity contribution >= 4 is 60.5 Å². The Labute approximate surface area is 126 Å². The predicted octanol–water partition coefficient (Wildman–Crippen LogP) is 4.42. The average Bonchev–Trinajstić information content (AvgIpc) is 2.69. The number of hydrogen-bond donors (Lipinski definition) is 2. The number of benzene rings is 1. The lowest BCUT2D eigenvalue weighted by atomic mass is 10.1. The zero-order valence-electron chi connectivity index (χ0n) is 9.46. The van der Waals surface area contributed by atoms with Gasteiger partial charge in [-0.3, -0.25) is 4.79 Å². The van der Waals surface area contributed by atoms with Crippen LogP contribution in [0.1, 0.15) is 15.2 Å². The molecule has 0 spiro atoms. The minimum Gasteiger partial charge on any atom is -0.397 e. The number of aryl methyl sites for hydroxylation is 1. The van der Waals surface area contributed by atoms with Crippen LogP contribution in [0.2, 0.25) is 0 Å². The topological polar surface area (TPSA) is 55.1 Å². The Morgan fingerprint density at radius 2 is 2.11 bits per heavy atom. The summed E-state index contributed by atoms with van der Waals surface area (Å²) < 4.78 is 1.69. The highest BCUT2D eigenvalue weighted by Crippen LogP contribution is 2.30. The van der Waals surface area contributed by atoms with E-state index in [2.05, 4.69) is 37.2 Å². The molecule has 0 fully saturated rings. The van der Waals surface area contributed by atoms with Crippen molar-refractivity contribution in [2.45, 2.75) is 6.92 Å². The smallest absolute Gasteiger partial charge is 0.266 e. The minimum absolute atomic E-state index is 0.158. The SMILES string of the molecule is Cc1cc(Br)cc(N)c1NC(=O)c1sccc1Br. The maximum Gasteiger partial charge on any atom is 0.266 e. The molecular formula is C12H10Br2N2OS. The Kier molecular flexibility index (Phi) is 4.09. The van der Waals surface area contributed by atoms with Crippen LogP contribution < -0.4 is 11.1 Å². The third-order valence-electron chi connectivity index (χ3n) is 2.39. The Bertz CT molecular complexity index is 587. The molecule has 0 unspecified atom stereocenters. The van der Waals surface area contributed by atoms with Gasteiger partial charge in [0.15, 0.2) is 0 Å². The van der Waals surface area contributed by atoms with Crippen molar-refractivity contribution in [3.8, 4) is 0 Å². The first-order valence-corrected chi connectivity index (χ1v) is 7.55. The zero-order valence-corrected chi connectivity index (χ0v) is 13.4. The molecule has 0 saturated heterocycles. The molecule has 0 aliphatic carbocycles. The van der Waals surface area contributed by atoms with Crippen LogP contribution >= 0.6 is 43.2 Å². The number of carbonyl (C=O) groups excluding carboxylic acids is 1. The van der Waals surface area contributed by atoms with E-state index >= 15 is 0 Å². The predicted molar refractivity (Wildman–Crippen MR) is 83.3 cm³/mol. The maximum atomic E-state index is 12.1. The van der Waals surface area contributed by atoms with Crippen LogP contribution in [-0.2, 0) is 0 Å². The first-order chi connectivity index (χ1) is 8.49. The van der Waals surface area contributed by atoms with Crippen LogP contribution in [0.3, 0.4) is 0 Å². The molecule has 1 heterocycles. The number of nitrogens with two attached hydrogens (primary N) is 1. The van der Waals surface area contributed by atoms with E-state index in [-0.39, 0.29) is 5.91 Å². The van der Waals surface area contributed by atoms with Gasteiger partial charge in [-0.05, 0) is 52.0 Å².